The van der Waals surface area contributed by atoms with Gasteiger partial charge in [0, 0.05) is 11.8 Å². The average molecular weight is 244 g/mol. The van der Waals surface area contributed by atoms with Crippen LogP contribution in [0.3, 0.4) is 0 Å². The van der Waals surface area contributed by atoms with Gasteiger partial charge in [-0.05, 0) is 42.8 Å². The highest BCUT2D eigenvalue weighted by Gasteiger charge is 2.15. The first-order valence-electron chi connectivity index (χ1n) is 5.35. The lowest BCUT2D eigenvalue weighted by molar-refractivity contribution is -0.385. The molecule has 2 N–H and O–H groups in total. The topological polar surface area (TPSA) is 78.4 Å². The standard InChI is InChI=1S/C13H12N2O3/c1-9-2-7-13(12(8-9)15(16)17)18-11-5-3-10(14)4-6-11/h2-8H,14H2,1H3. The minimum atomic E-state index is -0.459. The highest BCUT2D eigenvalue weighted by atomic mass is 16.6. The summed E-state index contributed by atoms with van der Waals surface area (Å²) >= 11 is 0. The number of nitrogens with two attached hydrogens (primary N) is 1. The second-order valence-corrected chi connectivity index (χ2v) is 3.90. The predicted octanol–water partition coefficient (Wildman–Crippen LogP) is 3.28. The van der Waals surface area contributed by atoms with Crippen LogP contribution in [0.5, 0.6) is 11.5 Å². The summed E-state index contributed by atoms with van der Waals surface area (Å²) < 4.78 is 5.48. The van der Waals surface area contributed by atoms with E-state index in [2.05, 4.69) is 0 Å². The Morgan fingerprint density at radius 3 is 2.44 bits per heavy atom. The van der Waals surface area contributed by atoms with Crippen LogP contribution in [0.4, 0.5) is 11.4 Å². The zero-order valence-electron chi connectivity index (χ0n) is 9.79. The molecular formula is C13H12N2O3. The van der Waals surface area contributed by atoms with Gasteiger partial charge in [-0.2, -0.15) is 0 Å². The highest BCUT2D eigenvalue weighted by molar-refractivity contribution is 5.51. The normalized spacial score (nSPS) is 10.1. The Balaban J connectivity index is 2.34. The maximum Gasteiger partial charge on any atom is 0.311 e. The van der Waals surface area contributed by atoms with E-state index in [1.807, 2.05) is 0 Å². The monoisotopic (exact) mass is 244 g/mol. The van der Waals surface area contributed by atoms with E-state index in [0.29, 0.717) is 11.4 Å². The lowest BCUT2D eigenvalue weighted by atomic mass is 10.2. The van der Waals surface area contributed by atoms with Crippen molar-refractivity contribution < 1.29 is 9.66 Å². The summed E-state index contributed by atoms with van der Waals surface area (Å²) in [6.45, 7) is 1.79. The van der Waals surface area contributed by atoms with Gasteiger partial charge in [-0.3, -0.25) is 10.1 Å². The minimum Gasteiger partial charge on any atom is -0.450 e. The third kappa shape index (κ3) is 2.57. The number of aryl methyl sites for hydroxylation is 1. The largest absolute Gasteiger partial charge is 0.450 e. The van der Waals surface area contributed by atoms with Gasteiger partial charge in [0.05, 0.1) is 4.92 Å². The van der Waals surface area contributed by atoms with E-state index >= 15 is 0 Å². The van der Waals surface area contributed by atoms with E-state index in [0.717, 1.165) is 5.56 Å². The molecule has 0 amide bonds. The molecule has 5 heteroatoms. The number of nitrogens with zero attached hydrogens (tertiary/aromatic N) is 1. The van der Waals surface area contributed by atoms with E-state index in [1.165, 1.54) is 6.07 Å². The van der Waals surface area contributed by atoms with Crippen LogP contribution >= 0.6 is 0 Å². The van der Waals surface area contributed by atoms with Crippen molar-refractivity contribution in [3.05, 3.63) is 58.1 Å². The number of rotatable bonds is 3. The molecule has 0 aromatic heterocycles. The number of anilines is 1. The van der Waals surface area contributed by atoms with E-state index in [9.17, 15) is 10.1 Å². The number of ether oxygens (including phenoxy) is 1. The second kappa shape index (κ2) is 4.75. The van der Waals surface area contributed by atoms with Crippen molar-refractivity contribution in [2.24, 2.45) is 0 Å². The van der Waals surface area contributed by atoms with E-state index in [1.54, 1.807) is 43.3 Å². The molecule has 0 fully saturated rings. The van der Waals surface area contributed by atoms with Crippen molar-refractivity contribution in [3.8, 4) is 11.5 Å². The molecule has 0 aliphatic rings. The third-order valence-corrected chi connectivity index (χ3v) is 2.42. The Hall–Kier alpha value is -2.56. The quantitative estimate of drug-likeness (QED) is 0.510. The van der Waals surface area contributed by atoms with Crippen molar-refractivity contribution in [2.45, 2.75) is 6.92 Å². The van der Waals surface area contributed by atoms with Crippen molar-refractivity contribution in [2.75, 3.05) is 5.73 Å². The SMILES string of the molecule is Cc1ccc(Oc2ccc(N)cc2)c([N+](=O)[O-])c1. The molecule has 5 nitrogen and oxygen atoms in total. The Labute approximate surface area is 104 Å². The molecule has 0 aliphatic heterocycles. The van der Waals surface area contributed by atoms with Gasteiger partial charge in [-0.15, -0.1) is 0 Å². The number of hydrogen-bond acceptors (Lipinski definition) is 4. The highest BCUT2D eigenvalue weighted by Crippen LogP contribution is 2.32. The first kappa shape index (κ1) is 11.9. The van der Waals surface area contributed by atoms with E-state index in [4.69, 9.17) is 10.5 Å². The lowest BCUT2D eigenvalue weighted by Gasteiger charge is -2.07. The molecule has 0 unspecified atom stereocenters. The van der Waals surface area contributed by atoms with Crippen LogP contribution in [-0.4, -0.2) is 4.92 Å². The molecule has 0 radical (unpaired) electrons. The summed E-state index contributed by atoms with van der Waals surface area (Å²) in [7, 11) is 0. The van der Waals surface area contributed by atoms with Crippen LogP contribution in [0, 0.1) is 17.0 Å². The summed E-state index contributed by atoms with van der Waals surface area (Å²) in [6.07, 6.45) is 0. The smallest absolute Gasteiger partial charge is 0.311 e. The summed E-state index contributed by atoms with van der Waals surface area (Å²) in [5.74, 6) is 0.728. The van der Waals surface area contributed by atoms with Gasteiger partial charge >= 0.3 is 5.69 Å². The fourth-order valence-corrected chi connectivity index (χ4v) is 1.52. The zero-order valence-corrected chi connectivity index (χ0v) is 9.79. The number of benzene rings is 2. The van der Waals surface area contributed by atoms with Crippen LogP contribution in [0.1, 0.15) is 5.56 Å². The molecule has 0 heterocycles. The van der Waals surface area contributed by atoms with Gasteiger partial charge in [0.15, 0.2) is 0 Å². The van der Waals surface area contributed by atoms with Gasteiger partial charge in [0.2, 0.25) is 5.75 Å². The second-order valence-electron chi connectivity index (χ2n) is 3.90. The summed E-state index contributed by atoms with van der Waals surface area (Å²) in [4.78, 5) is 10.5. The van der Waals surface area contributed by atoms with E-state index < -0.39 is 4.92 Å². The van der Waals surface area contributed by atoms with Crippen LogP contribution in [-0.2, 0) is 0 Å². The number of hydrogen-bond donors (Lipinski definition) is 1. The lowest BCUT2D eigenvalue weighted by Crippen LogP contribution is -1.94. The molecule has 0 saturated carbocycles. The Morgan fingerprint density at radius 1 is 1.17 bits per heavy atom. The molecular weight excluding hydrogens is 232 g/mol. The molecule has 92 valence electrons. The van der Waals surface area contributed by atoms with Gasteiger partial charge < -0.3 is 10.5 Å². The zero-order chi connectivity index (χ0) is 13.1. The maximum absolute atomic E-state index is 10.9. The van der Waals surface area contributed by atoms with Crippen molar-refractivity contribution in [1.29, 1.82) is 0 Å². The fourth-order valence-electron chi connectivity index (χ4n) is 1.52. The number of nitrogen functional groups attached to an aromatic ring is 1. The van der Waals surface area contributed by atoms with Gasteiger partial charge in [0.25, 0.3) is 0 Å². The van der Waals surface area contributed by atoms with Crippen molar-refractivity contribution >= 4 is 11.4 Å². The molecule has 0 saturated heterocycles. The molecule has 0 aliphatic carbocycles. The van der Waals surface area contributed by atoms with Crippen molar-refractivity contribution in [3.63, 3.8) is 0 Å². The molecule has 2 rings (SSSR count). The first-order valence-corrected chi connectivity index (χ1v) is 5.35. The first-order chi connectivity index (χ1) is 8.56. The van der Waals surface area contributed by atoms with Gasteiger partial charge in [0.1, 0.15) is 5.75 Å². The summed E-state index contributed by atoms with van der Waals surface area (Å²) in [6, 6.07) is 11.5. The average Bonchev–Trinajstić information content (AvgIpc) is 2.34. The van der Waals surface area contributed by atoms with Gasteiger partial charge in [-0.25, -0.2) is 0 Å². The summed E-state index contributed by atoms with van der Waals surface area (Å²) in [5, 5.41) is 10.9. The fraction of sp³-hybridized carbons (Fsp3) is 0.0769. The van der Waals surface area contributed by atoms with Gasteiger partial charge in [-0.1, -0.05) is 6.07 Å². The Bertz CT molecular complexity index is 579. The van der Waals surface area contributed by atoms with E-state index in [-0.39, 0.29) is 11.4 Å². The predicted molar refractivity (Wildman–Crippen MR) is 68.8 cm³/mol. The number of nitro benzene ring substituents is 1. The van der Waals surface area contributed by atoms with Crippen LogP contribution in [0.25, 0.3) is 0 Å². The summed E-state index contributed by atoms with van der Waals surface area (Å²) in [5.41, 5.74) is 6.93. The molecule has 2 aromatic rings. The Kier molecular flexibility index (Phi) is 3.14. The van der Waals surface area contributed by atoms with Crippen molar-refractivity contribution in [1.82, 2.24) is 0 Å². The van der Waals surface area contributed by atoms with Crippen LogP contribution in [0.2, 0.25) is 0 Å². The molecule has 0 spiro atoms. The van der Waals surface area contributed by atoms with Crippen LogP contribution < -0.4 is 10.5 Å². The number of nitro groups is 1. The maximum atomic E-state index is 10.9. The molecule has 2 aromatic carbocycles. The molecule has 0 atom stereocenters. The molecule has 0 bridgehead atoms. The minimum absolute atomic E-state index is 0.0492. The Morgan fingerprint density at radius 2 is 1.83 bits per heavy atom. The third-order valence-electron chi connectivity index (χ3n) is 2.42. The van der Waals surface area contributed by atoms with Crippen LogP contribution in [0.15, 0.2) is 42.5 Å². The molecule has 18 heavy (non-hydrogen) atoms.